The molecule has 18 heavy (non-hydrogen) atoms. The molecule has 5 nitrogen and oxygen atoms in total. The summed E-state index contributed by atoms with van der Waals surface area (Å²) in [7, 11) is 0. The van der Waals surface area contributed by atoms with Crippen LogP contribution in [0, 0.1) is 5.92 Å². The van der Waals surface area contributed by atoms with Crippen LogP contribution in [0.5, 0.6) is 0 Å². The number of carbonyl (C=O) groups excluding carboxylic acids is 1. The molecule has 1 unspecified atom stereocenters. The zero-order valence-corrected chi connectivity index (χ0v) is 11.8. The van der Waals surface area contributed by atoms with Gasteiger partial charge in [-0.15, -0.1) is 0 Å². The van der Waals surface area contributed by atoms with Crippen LogP contribution < -0.4 is 5.32 Å². The summed E-state index contributed by atoms with van der Waals surface area (Å²) in [5.41, 5.74) is 0. The van der Waals surface area contributed by atoms with Gasteiger partial charge >= 0.3 is 0 Å². The Balaban J connectivity index is 2.46. The number of aromatic nitrogens is 3. The highest BCUT2D eigenvalue weighted by Crippen LogP contribution is 2.02. The van der Waals surface area contributed by atoms with E-state index in [9.17, 15) is 4.79 Å². The Labute approximate surface area is 109 Å². The van der Waals surface area contributed by atoms with E-state index >= 15 is 0 Å². The highest BCUT2D eigenvalue weighted by atomic mass is 16.1. The van der Waals surface area contributed by atoms with Crippen LogP contribution in [0.15, 0.2) is 6.33 Å². The molecule has 0 saturated heterocycles. The van der Waals surface area contributed by atoms with Gasteiger partial charge in [-0.05, 0) is 19.3 Å². The molecule has 1 N–H and O–H groups in total. The van der Waals surface area contributed by atoms with E-state index in [-0.39, 0.29) is 5.78 Å². The molecule has 0 aliphatic carbocycles. The Bertz CT molecular complexity index is 373. The van der Waals surface area contributed by atoms with Crippen molar-refractivity contribution in [2.45, 2.75) is 53.1 Å². The van der Waals surface area contributed by atoms with Gasteiger partial charge in [-0.3, -0.25) is 4.79 Å². The van der Waals surface area contributed by atoms with Gasteiger partial charge < -0.3 is 5.32 Å². The minimum Gasteiger partial charge on any atom is -0.307 e. The van der Waals surface area contributed by atoms with E-state index in [1.807, 2.05) is 4.68 Å². The van der Waals surface area contributed by atoms with Gasteiger partial charge in [-0.25, -0.2) is 9.67 Å². The van der Waals surface area contributed by atoms with Crippen molar-refractivity contribution in [2.24, 2.45) is 5.92 Å². The molecule has 102 valence electrons. The fraction of sp³-hybridized carbons (Fsp3) is 0.769. The van der Waals surface area contributed by atoms with Crippen molar-refractivity contribution in [3.63, 3.8) is 0 Å². The average Bonchev–Trinajstić information content (AvgIpc) is 2.72. The van der Waals surface area contributed by atoms with Crippen LogP contribution in [0.4, 0.5) is 0 Å². The summed E-state index contributed by atoms with van der Waals surface area (Å²) in [4.78, 5) is 16.0. The van der Waals surface area contributed by atoms with Gasteiger partial charge in [0.2, 0.25) is 0 Å². The molecule has 0 aromatic carbocycles. The van der Waals surface area contributed by atoms with E-state index in [0.717, 1.165) is 18.8 Å². The van der Waals surface area contributed by atoms with Crippen molar-refractivity contribution in [1.29, 1.82) is 0 Å². The highest BCUT2D eigenvalue weighted by Gasteiger charge is 2.11. The van der Waals surface area contributed by atoms with E-state index in [1.165, 1.54) is 6.33 Å². The largest absolute Gasteiger partial charge is 0.307 e. The van der Waals surface area contributed by atoms with Gasteiger partial charge in [0.1, 0.15) is 12.2 Å². The van der Waals surface area contributed by atoms with Gasteiger partial charge in [-0.2, -0.15) is 5.10 Å². The van der Waals surface area contributed by atoms with E-state index in [4.69, 9.17) is 0 Å². The predicted molar refractivity (Wildman–Crippen MR) is 71.3 cm³/mol. The summed E-state index contributed by atoms with van der Waals surface area (Å²) in [5, 5.41) is 7.35. The monoisotopic (exact) mass is 252 g/mol. The fourth-order valence-corrected chi connectivity index (χ4v) is 1.59. The molecule has 0 bridgehead atoms. The lowest BCUT2D eigenvalue weighted by Crippen LogP contribution is -2.32. The number of rotatable bonds is 8. The lowest BCUT2D eigenvalue weighted by molar-refractivity contribution is -0.117. The number of carbonyl (C=O) groups is 1. The number of nitrogens with zero attached hydrogens (tertiary/aromatic N) is 3. The van der Waals surface area contributed by atoms with Crippen molar-refractivity contribution in [1.82, 2.24) is 20.1 Å². The third-order valence-corrected chi connectivity index (χ3v) is 2.85. The van der Waals surface area contributed by atoms with Gasteiger partial charge in [0, 0.05) is 12.6 Å². The lowest BCUT2D eigenvalue weighted by atomic mass is 10.2. The van der Waals surface area contributed by atoms with Gasteiger partial charge in [-0.1, -0.05) is 20.8 Å². The first-order chi connectivity index (χ1) is 8.52. The first-order valence-corrected chi connectivity index (χ1v) is 6.64. The Morgan fingerprint density at radius 3 is 2.78 bits per heavy atom. The quantitative estimate of drug-likeness (QED) is 0.760. The normalized spacial score (nSPS) is 12.9. The molecule has 0 radical (unpaired) electrons. The molecule has 1 heterocycles. The van der Waals surface area contributed by atoms with Crippen molar-refractivity contribution in [3.8, 4) is 0 Å². The molecule has 0 aliphatic heterocycles. The standard InChI is InChI=1S/C13H24N4O/c1-5-11(4)14-7-12(18)6-13-15-9-16-17(13)8-10(2)3/h9-11,14H,5-8H2,1-4H3. The third-order valence-electron chi connectivity index (χ3n) is 2.85. The second-order valence-corrected chi connectivity index (χ2v) is 5.16. The van der Waals surface area contributed by atoms with E-state index in [0.29, 0.717) is 24.9 Å². The number of hydrogen-bond donors (Lipinski definition) is 1. The van der Waals surface area contributed by atoms with Crippen LogP contribution in [-0.2, 0) is 17.8 Å². The van der Waals surface area contributed by atoms with Crippen LogP contribution in [0.2, 0.25) is 0 Å². The minimum absolute atomic E-state index is 0.160. The molecule has 0 aliphatic rings. The van der Waals surface area contributed by atoms with Crippen LogP contribution in [-0.4, -0.2) is 33.1 Å². The Hall–Kier alpha value is -1.23. The summed E-state index contributed by atoms with van der Waals surface area (Å²) in [6.07, 6.45) is 2.90. The summed E-state index contributed by atoms with van der Waals surface area (Å²) < 4.78 is 1.83. The fourth-order valence-electron chi connectivity index (χ4n) is 1.59. The van der Waals surface area contributed by atoms with Crippen molar-refractivity contribution < 1.29 is 4.79 Å². The zero-order chi connectivity index (χ0) is 13.5. The molecule has 1 aromatic rings. The molecule has 0 spiro atoms. The summed E-state index contributed by atoms with van der Waals surface area (Å²) >= 11 is 0. The SMILES string of the molecule is CCC(C)NCC(=O)Cc1ncnn1CC(C)C. The third kappa shape index (κ3) is 4.96. The van der Waals surface area contributed by atoms with Crippen LogP contribution >= 0.6 is 0 Å². The smallest absolute Gasteiger partial charge is 0.154 e. The highest BCUT2D eigenvalue weighted by molar-refractivity contribution is 5.82. The van der Waals surface area contributed by atoms with Gasteiger partial charge in [0.05, 0.1) is 13.0 Å². The van der Waals surface area contributed by atoms with Crippen molar-refractivity contribution in [3.05, 3.63) is 12.2 Å². The molecule has 0 amide bonds. The van der Waals surface area contributed by atoms with E-state index in [1.54, 1.807) is 0 Å². The van der Waals surface area contributed by atoms with E-state index in [2.05, 4.69) is 43.1 Å². The maximum Gasteiger partial charge on any atom is 0.154 e. The van der Waals surface area contributed by atoms with Crippen molar-refractivity contribution >= 4 is 5.78 Å². The lowest BCUT2D eigenvalue weighted by Gasteiger charge is -2.11. The predicted octanol–water partition coefficient (Wildman–Crippen LogP) is 1.43. The molecule has 1 atom stereocenters. The van der Waals surface area contributed by atoms with Crippen LogP contribution in [0.25, 0.3) is 0 Å². The number of ketones is 1. The van der Waals surface area contributed by atoms with Gasteiger partial charge in [0.25, 0.3) is 0 Å². The zero-order valence-electron chi connectivity index (χ0n) is 11.8. The Morgan fingerprint density at radius 2 is 2.17 bits per heavy atom. The summed E-state index contributed by atoms with van der Waals surface area (Å²) in [6, 6.07) is 0.377. The second kappa shape index (κ2) is 7.26. The number of hydrogen-bond acceptors (Lipinski definition) is 4. The average molecular weight is 252 g/mol. The van der Waals surface area contributed by atoms with Crippen LogP contribution in [0.3, 0.4) is 0 Å². The maximum absolute atomic E-state index is 11.8. The number of nitrogens with one attached hydrogen (secondary N) is 1. The van der Waals surface area contributed by atoms with E-state index < -0.39 is 0 Å². The summed E-state index contributed by atoms with van der Waals surface area (Å²) in [5.74, 6) is 1.42. The van der Waals surface area contributed by atoms with Gasteiger partial charge in [0.15, 0.2) is 5.78 Å². The Morgan fingerprint density at radius 1 is 1.44 bits per heavy atom. The molecular weight excluding hydrogens is 228 g/mol. The molecule has 1 rings (SSSR count). The topological polar surface area (TPSA) is 59.8 Å². The second-order valence-electron chi connectivity index (χ2n) is 5.16. The molecular formula is C13H24N4O. The number of Topliss-reactive ketones (excluding diaryl/α,β-unsaturated/α-hetero) is 1. The minimum atomic E-state index is 0.160. The molecule has 5 heteroatoms. The maximum atomic E-state index is 11.8. The first kappa shape index (κ1) is 14.8. The van der Waals surface area contributed by atoms with Crippen LogP contribution in [0.1, 0.15) is 39.9 Å². The Kier molecular flexibility index (Phi) is 5.98. The molecule has 1 aromatic heterocycles. The summed E-state index contributed by atoms with van der Waals surface area (Å²) in [6.45, 7) is 9.64. The first-order valence-electron chi connectivity index (χ1n) is 6.64. The molecule has 0 saturated carbocycles. The van der Waals surface area contributed by atoms with Crippen molar-refractivity contribution in [2.75, 3.05) is 6.54 Å². The molecule has 0 fully saturated rings.